The van der Waals surface area contributed by atoms with Gasteiger partial charge >= 0.3 is 6.18 Å². The summed E-state index contributed by atoms with van der Waals surface area (Å²) in [7, 11) is 0. The monoisotopic (exact) mass is 218 g/mol. The van der Waals surface area contributed by atoms with Crippen molar-refractivity contribution in [3.05, 3.63) is 35.4 Å². The third-order valence-electron chi connectivity index (χ3n) is 2.34. The first-order valence-electron chi connectivity index (χ1n) is 4.46. The molecule has 5 heteroatoms. The van der Waals surface area contributed by atoms with Gasteiger partial charge in [0.15, 0.2) is 0 Å². The van der Waals surface area contributed by atoms with Crippen LogP contribution < -0.4 is 0 Å². The highest BCUT2D eigenvalue weighted by molar-refractivity contribution is 5.34. The molecule has 2 nitrogen and oxygen atoms in total. The Bertz CT molecular complexity index is 362. The number of benzene rings is 1. The quantitative estimate of drug-likeness (QED) is 0.771. The van der Waals surface area contributed by atoms with Crippen LogP contribution in [-0.2, 0) is 10.9 Å². The molecule has 0 unspecified atom stereocenters. The fourth-order valence-corrected chi connectivity index (χ4v) is 1.56. The van der Waals surface area contributed by atoms with Gasteiger partial charge in [-0.2, -0.15) is 13.2 Å². The highest BCUT2D eigenvalue weighted by Crippen LogP contribution is 2.44. The molecule has 0 saturated carbocycles. The van der Waals surface area contributed by atoms with E-state index in [0.717, 1.165) is 6.07 Å². The predicted octanol–water partition coefficient (Wildman–Crippen LogP) is 2.14. The van der Waals surface area contributed by atoms with Crippen molar-refractivity contribution in [3.8, 4) is 0 Å². The van der Waals surface area contributed by atoms with E-state index >= 15 is 0 Å². The maximum absolute atomic E-state index is 12.5. The number of aliphatic hydroxyl groups is 1. The molecule has 1 saturated heterocycles. The average Bonchev–Trinajstić information content (AvgIpc) is 2.95. The van der Waals surface area contributed by atoms with Crippen molar-refractivity contribution in [1.29, 1.82) is 0 Å². The van der Waals surface area contributed by atoms with Gasteiger partial charge < -0.3 is 9.84 Å². The minimum Gasteiger partial charge on any atom is -0.394 e. The Balaban J connectivity index is 2.32. The first-order chi connectivity index (χ1) is 7.04. The molecule has 2 rings (SSSR count). The molecular weight excluding hydrogens is 209 g/mol. The van der Waals surface area contributed by atoms with Crippen molar-refractivity contribution in [2.24, 2.45) is 0 Å². The fraction of sp³-hybridized carbons (Fsp3) is 0.400. The Morgan fingerprint density at radius 2 is 1.93 bits per heavy atom. The lowest BCUT2D eigenvalue weighted by molar-refractivity contribution is -0.138. The smallest absolute Gasteiger partial charge is 0.394 e. The van der Waals surface area contributed by atoms with E-state index in [-0.39, 0.29) is 12.2 Å². The molecule has 1 fully saturated rings. The van der Waals surface area contributed by atoms with E-state index in [4.69, 9.17) is 9.84 Å². The number of epoxide rings is 1. The summed E-state index contributed by atoms with van der Waals surface area (Å²) in [6.07, 6.45) is -5.48. The summed E-state index contributed by atoms with van der Waals surface area (Å²) < 4.78 is 42.6. The van der Waals surface area contributed by atoms with E-state index < -0.39 is 23.9 Å². The Labute approximate surface area is 84.3 Å². The summed E-state index contributed by atoms with van der Waals surface area (Å²) in [5.41, 5.74) is -0.588. The van der Waals surface area contributed by atoms with Crippen LogP contribution in [0.15, 0.2) is 24.3 Å². The molecule has 1 aliphatic heterocycles. The largest absolute Gasteiger partial charge is 0.416 e. The van der Waals surface area contributed by atoms with Gasteiger partial charge in [0.05, 0.1) is 12.2 Å². The van der Waals surface area contributed by atoms with Crippen LogP contribution in [0.25, 0.3) is 0 Å². The van der Waals surface area contributed by atoms with Crippen LogP contribution in [-0.4, -0.2) is 17.8 Å². The predicted molar refractivity (Wildman–Crippen MR) is 46.1 cm³/mol. The molecule has 0 aliphatic carbocycles. The second kappa shape index (κ2) is 3.50. The highest BCUT2D eigenvalue weighted by Gasteiger charge is 2.45. The van der Waals surface area contributed by atoms with Crippen LogP contribution in [0, 0.1) is 0 Å². The maximum atomic E-state index is 12.5. The van der Waals surface area contributed by atoms with Gasteiger partial charge in [0.2, 0.25) is 0 Å². The van der Waals surface area contributed by atoms with E-state index in [0.29, 0.717) is 0 Å². The lowest BCUT2D eigenvalue weighted by Crippen LogP contribution is -2.09. The van der Waals surface area contributed by atoms with Crippen LogP contribution in [0.2, 0.25) is 0 Å². The third kappa shape index (κ3) is 1.98. The first-order valence-corrected chi connectivity index (χ1v) is 4.46. The number of hydrogen-bond acceptors (Lipinski definition) is 2. The molecule has 15 heavy (non-hydrogen) atoms. The van der Waals surface area contributed by atoms with Gasteiger partial charge in [-0.05, 0) is 11.6 Å². The minimum atomic E-state index is -4.37. The first kappa shape index (κ1) is 10.4. The topological polar surface area (TPSA) is 32.8 Å². The van der Waals surface area contributed by atoms with E-state index in [1.807, 2.05) is 0 Å². The van der Waals surface area contributed by atoms with Crippen molar-refractivity contribution in [2.45, 2.75) is 18.4 Å². The van der Waals surface area contributed by atoms with E-state index in [1.165, 1.54) is 18.2 Å². The van der Waals surface area contributed by atoms with Gasteiger partial charge in [0.1, 0.15) is 12.2 Å². The molecule has 0 radical (unpaired) electrons. The zero-order valence-electron chi connectivity index (χ0n) is 7.66. The molecule has 0 aromatic heterocycles. The molecule has 1 N–H and O–H groups in total. The summed E-state index contributed by atoms with van der Waals surface area (Å²) in [4.78, 5) is 0. The van der Waals surface area contributed by atoms with Crippen molar-refractivity contribution in [3.63, 3.8) is 0 Å². The average molecular weight is 218 g/mol. The van der Waals surface area contributed by atoms with Gasteiger partial charge in [-0.3, -0.25) is 0 Å². The maximum Gasteiger partial charge on any atom is 0.416 e. The van der Waals surface area contributed by atoms with Crippen LogP contribution >= 0.6 is 0 Å². The van der Waals surface area contributed by atoms with Crippen molar-refractivity contribution < 1.29 is 23.0 Å². The number of aliphatic hydroxyl groups excluding tert-OH is 1. The molecule has 1 aliphatic rings. The number of hydrogen-bond donors (Lipinski definition) is 1. The number of ether oxygens (including phenoxy) is 1. The zero-order valence-corrected chi connectivity index (χ0v) is 7.66. The highest BCUT2D eigenvalue weighted by atomic mass is 19.4. The summed E-state index contributed by atoms with van der Waals surface area (Å²) in [5.74, 6) is 0. The van der Waals surface area contributed by atoms with Gasteiger partial charge in [-0.15, -0.1) is 0 Å². The van der Waals surface area contributed by atoms with Gasteiger partial charge in [-0.25, -0.2) is 0 Å². The van der Waals surface area contributed by atoms with Gasteiger partial charge in [0.25, 0.3) is 0 Å². The second-order valence-electron chi connectivity index (χ2n) is 3.36. The molecule has 82 valence electrons. The molecule has 0 amide bonds. The van der Waals surface area contributed by atoms with Gasteiger partial charge in [-0.1, -0.05) is 18.2 Å². The number of halogens is 3. The molecule has 2 atom stereocenters. The Kier molecular flexibility index (Phi) is 2.44. The summed E-state index contributed by atoms with van der Waals surface area (Å²) in [6.45, 7) is -0.253. The van der Waals surface area contributed by atoms with Crippen LogP contribution in [0.4, 0.5) is 13.2 Å². The molecule has 1 aromatic rings. The van der Waals surface area contributed by atoms with E-state index in [1.54, 1.807) is 0 Å². The standard InChI is InChI=1S/C10H9F3O2/c11-10(12,13)7-4-2-1-3-6(7)9-8(5-14)15-9/h1-4,8-9,14H,5H2/t8-,9-/m0/s1. The van der Waals surface area contributed by atoms with Crippen LogP contribution in [0.3, 0.4) is 0 Å². The normalized spacial score (nSPS) is 25.3. The lowest BCUT2D eigenvalue weighted by atomic mass is 10.0. The number of rotatable bonds is 2. The zero-order chi connectivity index (χ0) is 11.1. The molecule has 0 bridgehead atoms. The molecular formula is C10H9F3O2. The molecule has 0 spiro atoms. The Morgan fingerprint density at radius 3 is 2.47 bits per heavy atom. The third-order valence-corrected chi connectivity index (χ3v) is 2.34. The summed E-state index contributed by atoms with van der Waals surface area (Å²) in [5, 5.41) is 8.73. The van der Waals surface area contributed by atoms with E-state index in [9.17, 15) is 13.2 Å². The van der Waals surface area contributed by atoms with Crippen LogP contribution in [0.1, 0.15) is 17.2 Å². The summed E-state index contributed by atoms with van der Waals surface area (Å²) in [6, 6.07) is 5.26. The molecule has 1 aromatic carbocycles. The van der Waals surface area contributed by atoms with Crippen molar-refractivity contribution in [2.75, 3.05) is 6.61 Å². The Morgan fingerprint density at radius 1 is 1.27 bits per heavy atom. The Hall–Kier alpha value is -1.07. The van der Waals surface area contributed by atoms with Crippen molar-refractivity contribution >= 4 is 0 Å². The van der Waals surface area contributed by atoms with Crippen molar-refractivity contribution in [1.82, 2.24) is 0 Å². The van der Waals surface area contributed by atoms with Crippen LogP contribution in [0.5, 0.6) is 0 Å². The van der Waals surface area contributed by atoms with E-state index in [2.05, 4.69) is 0 Å². The number of alkyl halides is 3. The lowest BCUT2D eigenvalue weighted by Gasteiger charge is -2.10. The van der Waals surface area contributed by atoms with Gasteiger partial charge in [0, 0.05) is 0 Å². The second-order valence-corrected chi connectivity index (χ2v) is 3.36. The fourth-order valence-electron chi connectivity index (χ4n) is 1.56. The SMILES string of the molecule is OC[C@@H]1O[C@H]1c1ccccc1C(F)(F)F. The minimum absolute atomic E-state index is 0.101. The summed E-state index contributed by atoms with van der Waals surface area (Å²) >= 11 is 0. The molecule has 1 heterocycles.